The standard InChI is InChI=1S/C16H19ClF3NO4S/c1-15(3-5-16(19,20)6-4-15)25-8-10-11(17)7-9(14(22)21-2)12(18)13(10)26(23)24/h7,12H,3-6,8H2,1-2H3,(H,21,22). The molecule has 146 valence electrons. The summed E-state index contributed by atoms with van der Waals surface area (Å²) < 4.78 is 69.9. The molecule has 1 N–H and O–H groups in total. The summed E-state index contributed by atoms with van der Waals surface area (Å²) in [7, 11) is -1.70. The van der Waals surface area contributed by atoms with Crippen molar-refractivity contribution in [2.75, 3.05) is 13.7 Å². The van der Waals surface area contributed by atoms with Gasteiger partial charge in [-0.2, -0.15) is 8.42 Å². The van der Waals surface area contributed by atoms with Crippen molar-refractivity contribution in [3.05, 3.63) is 22.3 Å². The molecule has 0 spiro atoms. The highest BCUT2D eigenvalue weighted by molar-refractivity contribution is 7.73. The van der Waals surface area contributed by atoms with E-state index in [-0.39, 0.29) is 42.9 Å². The predicted molar refractivity (Wildman–Crippen MR) is 91.6 cm³/mol. The third-order valence-corrected chi connectivity index (χ3v) is 5.79. The molecule has 0 heterocycles. The predicted octanol–water partition coefficient (Wildman–Crippen LogP) is 2.54. The Balaban J connectivity index is 2.28. The maximum absolute atomic E-state index is 14.6. The molecule has 2 aliphatic carbocycles. The molecule has 1 amide bonds. The molecule has 0 aromatic heterocycles. The average Bonchev–Trinajstić information content (AvgIpc) is 2.57. The van der Waals surface area contributed by atoms with E-state index in [1.54, 1.807) is 6.92 Å². The van der Waals surface area contributed by atoms with Crippen LogP contribution in [-0.2, 0) is 19.8 Å². The van der Waals surface area contributed by atoms with Crippen LogP contribution in [0.4, 0.5) is 13.2 Å². The molecule has 10 heteroatoms. The largest absolute Gasteiger partial charge is 0.371 e. The topological polar surface area (TPSA) is 72.5 Å². The first-order valence-electron chi connectivity index (χ1n) is 7.94. The lowest BCUT2D eigenvalue weighted by Crippen LogP contribution is -2.40. The van der Waals surface area contributed by atoms with Gasteiger partial charge in [0.1, 0.15) is 4.86 Å². The van der Waals surface area contributed by atoms with E-state index in [4.69, 9.17) is 16.3 Å². The normalized spacial score (nSPS) is 24.9. The van der Waals surface area contributed by atoms with Crippen molar-refractivity contribution in [1.82, 2.24) is 5.32 Å². The van der Waals surface area contributed by atoms with Gasteiger partial charge in [0.2, 0.25) is 22.1 Å². The van der Waals surface area contributed by atoms with E-state index in [9.17, 15) is 26.4 Å². The number of ether oxygens (including phenoxy) is 1. The second-order valence-corrected chi connectivity index (χ2v) is 7.88. The first-order chi connectivity index (χ1) is 12.0. The molecule has 5 nitrogen and oxygen atoms in total. The summed E-state index contributed by atoms with van der Waals surface area (Å²) in [6.07, 6.45) is -1.65. The summed E-state index contributed by atoms with van der Waals surface area (Å²) in [5.41, 5.74) is -1.43. The van der Waals surface area contributed by atoms with Gasteiger partial charge in [-0.25, -0.2) is 13.2 Å². The Kier molecular flexibility index (Phi) is 6.24. The Bertz CT molecular complexity index is 786. The molecular formula is C16H19ClF3NO4S. The number of carbonyl (C=O) groups excluding carboxylic acids is 1. The number of hydrogen-bond donors (Lipinski definition) is 1. The fourth-order valence-electron chi connectivity index (χ4n) is 2.89. The maximum Gasteiger partial charge on any atom is 0.250 e. The zero-order valence-electron chi connectivity index (χ0n) is 14.2. The summed E-state index contributed by atoms with van der Waals surface area (Å²) in [6, 6.07) is 0. The fourth-order valence-corrected chi connectivity index (χ4v) is 3.89. The van der Waals surface area contributed by atoms with Gasteiger partial charge in [-0.1, -0.05) is 11.6 Å². The van der Waals surface area contributed by atoms with E-state index in [2.05, 4.69) is 5.32 Å². The van der Waals surface area contributed by atoms with Crippen molar-refractivity contribution in [2.45, 2.75) is 50.3 Å². The molecule has 1 fully saturated rings. The molecule has 0 aromatic carbocycles. The van der Waals surface area contributed by atoms with Crippen LogP contribution in [0.3, 0.4) is 0 Å². The first kappa shape index (κ1) is 21.0. The smallest absolute Gasteiger partial charge is 0.250 e. The molecule has 0 aromatic rings. The average molecular weight is 414 g/mol. The quantitative estimate of drug-likeness (QED) is 0.719. The third-order valence-electron chi connectivity index (χ3n) is 4.64. The molecule has 0 aliphatic heterocycles. The van der Waals surface area contributed by atoms with Crippen molar-refractivity contribution < 1.29 is 31.1 Å². The second kappa shape index (κ2) is 7.74. The van der Waals surface area contributed by atoms with Crippen molar-refractivity contribution in [3.8, 4) is 0 Å². The summed E-state index contributed by atoms with van der Waals surface area (Å²) in [6.45, 7) is 1.29. The number of hydrogen-bond acceptors (Lipinski definition) is 4. The molecule has 1 atom stereocenters. The summed E-state index contributed by atoms with van der Waals surface area (Å²) in [4.78, 5) is 11.0. The van der Waals surface area contributed by atoms with E-state index in [0.29, 0.717) is 0 Å². The monoisotopic (exact) mass is 413 g/mol. The van der Waals surface area contributed by atoms with Crippen LogP contribution in [-0.4, -0.2) is 50.5 Å². The van der Waals surface area contributed by atoms with E-state index < -0.39 is 44.3 Å². The highest BCUT2D eigenvalue weighted by atomic mass is 35.5. The number of nitrogens with one attached hydrogen (secondary N) is 1. The lowest BCUT2D eigenvalue weighted by Gasteiger charge is -2.37. The van der Waals surface area contributed by atoms with Gasteiger partial charge in [0.15, 0.2) is 6.17 Å². The van der Waals surface area contributed by atoms with Gasteiger partial charge >= 0.3 is 0 Å². The van der Waals surface area contributed by atoms with E-state index >= 15 is 0 Å². The van der Waals surface area contributed by atoms with Crippen LogP contribution >= 0.6 is 11.6 Å². The zero-order chi connectivity index (χ0) is 19.7. The minimum absolute atomic E-state index is 0.0824. The first-order valence-corrected chi connectivity index (χ1v) is 9.39. The molecule has 1 saturated carbocycles. The number of alkyl halides is 3. The number of halogens is 4. The molecule has 1 unspecified atom stereocenters. The Labute approximate surface area is 155 Å². The minimum atomic E-state index is -2.98. The summed E-state index contributed by atoms with van der Waals surface area (Å²) in [5, 5.41) is 2.07. The Morgan fingerprint density at radius 2 is 1.92 bits per heavy atom. The van der Waals surface area contributed by atoms with Gasteiger partial charge in [-0.05, 0) is 25.8 Å². The number of carbonyl (C=O) groups is 1. The van der Waals surface area contributed by atoms with E-state index in [0.717, 1.165) is 6.08 Å². The van der Waals surface area contributed by atoms with Gasteiger partial charge in [0.05, 0.1) is 17.8 Å². The lowest BCUT2D eigenvalue weighted by molar-refractivity contribution is -0.119. The molecule has 2 rings (SSSR count). The number of rotatable bonds is 4. The Morgan fingerprint density at radius 3 is 2.42 bits per heavy atom. The Hall–Kier alpha value is -1.32. The van der Waals surface area contributed by atoms with Crippen molar-refractivity contribution >= 4 is 32.7 Å². The van der Waals surface area contributed by atoms with Crippen LogP contribution in [0.15, 0.2) is 22.3 Å². The number of allylic oxidation sites excluding steroid dienone is 2. The lowest BCUT2D eigenvalue weighted by atomic mass is 9.84. The van der Waals surface area contributed by atoms with Crippen LogP contribution in [0.2, 0.25) is 0 Å². The molecule has 2 aliphatic rings. The summed E-state index contributed by atoms with van der Waals surface area (Å²) in [5.74, 6) is -3.53. The van der Waals surface area contributed by atoms with Crippen molar-refractivity contribution in [3.63, 3.8) is 0 Å². The Morgan fingerprint density at radius 1 is 1.35 bits per heavy atom. The molecule has 0 radical (unpaired) electrons. The van der Waals surface area contributed by atoms with Crippen LogP contribution in [0.1, 0.15) is 32.6 Å². The van der Waals surface area contributed by atoms with Crippen molar-refractivity contribution in [2.24, 2.45) is 0 Å². The zero-order valence-corrected chi connectivity index (χ0v) is 15.8. The SMILES string of the molecule is CNC(=O)C1=CC(Cl)=C(COC2(C)CCC(F)(F)CC2)C(=S(=O)=O)C1F. The summed E-state index contributed by atoms with van der Waals surface area (Å²) >= 11 is 6.05. The van der Waals surface area contributed by atoms with Crippen molar-refractivity contribution in [1.29, 1.82) is 0 Å². The molecular weight excluding hydrogens is 395 g/mol. The number of amides is 1. The van der Waals surface area contributed by atoms with Crippen LogP contribution in [0, 0.1) is 0 Å². The minimum Gasteiger partial charge on any atom is -0.371 e. The highest BCUT2D eigenvalue weighted by Crippen LogP contribution is 2.40. The van der Waals surface area contributed by atoms with Gasteiger partial charge in [-0.15, -0.1) is 0 Å². The molecule has 0 bridgehead atoms. The van der Waals surface area contributed by atoms with Gasteiger partial charge in [0.25, 0.3) is 0 Å². The number of likely N-dealkylation sites (N-methyl/N-ethyl adjacent to an activating group) is 1. The van der Waals surface area contributed by atoms with Crippen LogP contribution < -0.4 is 5.32 Å². The van der Waals surface area contributed by atoms with Gasteiger partial charge in [-0.3, -0.25) is 4.79 Å². The van der Waals surface area contributed by atoms with Gasteiger partial charge < -0.3 is 10.1 Å². The van der Waals surface area contributed by atoms with E-state index in [1.807, 2.05) is 0 Å². The van der Waals surface area contributed by atoms with E-state index in [1.165, 1.54) is 7.05 Å². The van der Waals surface area contributed by atoms with Crippen LogP contribution in [0.25, 0.3) is 0 Å². The third kappa shape index (κ3) is 4.50. The van der Waals surface area contributed by atoms with Gasteiger partial charge in [0, 0.05) is 30.5 Å². The molecule has 26 heavy (non-hydrogen) atoms. The maximum atomic E-state index is 14.6. The highest BCUT2D eigenvalue weighted by Gasteiger charge is 2.42. The van der Waals surface area contributed by atoms with Crippen LogP contribution in [0.5, 0.6) is 0 Å². The second-order valence-electron chi connectivity index (χ2n) is 6.56. The fraction of sp³-hybridized carbons (Fsp3) is 0.625. The molecule has 0 saturated heterocycles.